The van der Waals surface area contributed by atoms with Crippen LogP contribution in [0.3, 0.4) is 0 Å². The van der Waals surface area contributed by atoms with Crippen LogP contribution in [0.25, 0.3) is 0 Å². The van der Waals surface area contributed by atoms with Crippen LogP contribution >= 0.6 is 11.6 Å². The highest BCUT2D eigenvalue weighted by Crippen LogP contribution is 2.21. The molecule has 2 aromatic carbocycles. The number of benzene rings is 2. The van der Waals surface area contributed by atoms with Crippen LogP contribution in [0.1, 0.15) is 32.3 Å². The molecule has 0 aliphatic carbocycles. The molecule has 0 fully saturated rings. The molecule has 0 aromatic heterocycles. The first-order valence-corrected chi connectivity index (χ1v) is 13.2. The highest BCUT2D eigenvalue weighted by molar-refractivity contribution is 7.92. The van der Waals surface area contributed by atoms with Crippen molar-refractivity contribution in [1.29, 1.82) is 0 Å². The Balaban J connectivity index is 2.25. The first kappa shape index (κ1) is 26.7. The molecule has 0 heterocycles. The summed E-state index contributed by atoms with van der Waals surface area (Å²) in [5, 5.41) is 3.32. The molecule has 1 atom stereocenters. The van der Waals surface area contributed by atoms with Gasteiger partial charge in [-0.25, -0.2) is 8.42 Å². The van der Waals surface area contributed by atoms with E-state index in [1.165, 1.54) is 4.90 Å². The highest BCUT2D eigenvalue weighted by atomic mass is 35.5. The SMILES string of the molecule is CCCCNC(=O)[C@H](C)N(CCc1ccccc1)C(=O)CN(c1ccc(Cl)cc1)S(C)(=O)=O. The van der Waals surface area contributed by atoms with E-state index in [9.17, 15) is 18.0 Å². The smallest absolute Gasteiger partial charge is 0.244 e. The monoisotopic (exact) mass is 493 g/mol. The van der Waals surface area contributed by atoms with Crippen molar-refractivity contribution in [2.75, 3.05) is 30.2 Å². The summed E-state index contributed by atoms with van der Waals surface area (Å²) in [6.45, 7) is 4.09. The normalized spacial score (nSPS) is 12.1. The van der Waals surface area contributed by atoms with E-state index in [1.54, 1.807) is 31.2 Å². The standard InChI is InChI=1S/C24H32ClN3O4S/c1-4-5-16-26-24(30)19(2)27(17-15-20-9-7-6-8-10-20)23(29)18-28(33(3,31)32)22-13-11-21(25)12-14-22/h6-14,19H,4-5,15-18H2,1-3H3,(H,26,30)/t19-/m0/s1. The molecule has 180 valence electrons. The predicted molar refractivity (Wildman–Crippen MR) is 133 cm³/mol. The third-order valence-corrected chi connectivity index (χ3v) is 6.67. The predicted octanol–water partition coefficient (Wildman–Crippen LogP) is 3.48. The van der Waals surface area contributed by atoms with Gasteiger partial charge in [-0.1, -0.05) is 55.3 Å². The second kappa shape index (κ2) is 12.6. The van der Waals surface area contributed by atoms with Crippen molar-refractivity contribution in [1.82, 2.24) is 10.2 Å². The Hall–Kier alpha value is -2.58. The Kier molecular flexibility index (Phi) is 10.2. The quantitative estimate of drug-likeness (QED) is 0.458. The van der Waals surface area contributed by atoms with Crippen LogP contribution in [0.5, 0.6) is 0 Å². The number of rotatable bonds is 12. The lowest BCUT2D eigenvalue weighted by Gasteiger charge is -2.31. The van der Waals surface area contributed by atoms with Gasteiger partial charge in [-0.15, -0.1) is 0 Å². The summed E-state index contributed by atoms with van der Waals surface area (Å²) in [6.07, 6.45) is 3.37. The van der Waals surface area contributed by atoms with Crippen molar-refractivity contribution in [3.8, 4) is 0 Å². The lowest BCUT2D eigenvalue weighted by atomic mass is 10.1. The van der Waals surface area contributed by atoms with E-state index in [1.807, 2.05) is 37.3 Å². The number of anilines is 1. The number of nitrogens with one attached hydrogen (secondary N) is 1. The first-order chi connectivity index (χ1) is 15.6. The first-order valence-electron chi connectivity index (χ1n) is 11.0. The maximum atomic E-state index is 13.4. The molecule has 7 nitrogen and oxygen atoms in total. The van der Waals surface area contributed by atoms with E-state index in [0.717, 1.165) is 29.0 Å². The van der Waals surface area contributed by atoms with E-state index < -0.39 is 28.5 Å². The lowest BCUT2D eigenvalue weighted by molar-refractivity contribution is -0.138. The van der Waals surface area contributed by atoms with Crippen LogP contribution in [0.15, 0.2) is 54.6 Å². The summed E-state index contributed by atoms with van der Waals surface area (Å²) in [5.74, 6) is -0.716. The van der Waals surface area contributed by atoms with Gasteiger partial charge in [0, 0.05) is 18.1 Å². The van der Waals surface area contributed by atoms with Crippen LogP contribution in [-0.4, -0.2) is 57.1 Å². The van der Waals surface area contributed by atoms with Crippen molar-refractivity contribution in [2.24, 2.45) is 0 Å². The van der Waals surface area contributed by atoms with Gasteiger partial charge in [-0.3, -0.25) is 13.9 Å². The molecular weight excluding hydrogens is 462 g/mol. The second-order valence-corrected chi connectivity index (χ2v) is 10.2. The van der Waals surface area contributed by atoms with Crippen LogP contribution in [0.2, 0.25) is 5.02 Å². The fourth-order valence-corrected chi connectivity index (χ4v) is 4.30. The minimum atomic E-state index is -3.75. The van der Waals surface area contributed by atoms with Crippen LogP contribution in [0.4, 0.5) is 5.69 Å². The van der Waals surface area contributed by atoms with Gasteiger partial charge < -0.3 is 10.2 Å². The van der Waals surface area contributed by atoms with E-state index in [0.29, 0.717) is 23.7 Å². The number of carbonyl (C=O) groups excluding carboxylic acids is 2. The van der Waals surface area contributed by atoms with Crippen LogP contribution < -0.4 is 9.62 Å². The average molecular weight is 494 g/mol. The minimum Gasteiger partial charge on any atom is -0.354 e. The van der Waals surface area contributed by atoms with E-state index in [2.05, 4.69) is 5.32 Å². The maximum absolute atomic E-state index is 13.4. The number of carbonyl (C=O) groups is 2. The van der Waals surface area contributed by atoms with Gasteiger partial charge in [0.15, 0.2) is 0 Å². The molecular formula is C24H32ClN3O4S. The summed E-state index contributed by atoms with van der Waals surface area (Å²) < 4.78 is 26.0. The number of unbranched alkanes of at least 4 members (excludes halogenated alkanes) is 1. The topological polar surface area (TPSA) is 86.8 Å². The zero-order valence-electron chi connectivity index (χ0n) is 19.3. The van der Waals surface area contributed by atoms with Gasteiger partial charge in [0.25, 0.3) is 0 Å². The van der Waals surface area contributed by atoms with Crippen molar-refractivity contribution < 1.29 is 18.0 Å². The summed E-state index contributed by atoms with van der Waals surface area (Å²) in [5.41, 5.74) is 1.35. The third-order valence-electron chi connectivity index (χ3n) is 5.27. The average Bonchev–Trinajstić information content (AvgIpc) is 2.78. The summed E-state index contributed by atoms with van der Waals surface area (Å²) in [7, 11) is -3.75. The Bertz CT molecular complexity index is 1010. The van der Waals surface area contributed by atoms with Crippen molar-refractivity contribution in [3.05, 3.63) is 65.2 Å². The number of hydrogen-bond acceptors (Lipinski definition) is 4. The number of hydrogen-bond donors (Lipinski definition) is 1. The molecule has 2 rings (SSSR count). The summed E-state index contributed by atoms with van der Waals surface area (Å²) >= 11 is 5.93. The fourth-order valence-electron chi connectivity index (χ4n) is 3.33. The number of amides is 2. The highest BCUT2D eigenvalue weighted by Gasteiger charge is 2.29. The molecule has 0 unspecified atom stereocenters. The maximum Gasteiger partial charge on any atom is 0.244 e. The molecule has 2 amide bonds. The van der Waals surface area contributed by atoms with E-state index in [4.69, 9.17) is 11.6 Å². The molecule has 1 N–H and O–H groups in total. The number of halogens is 1. The van der Waals surface area contributed by atoms with Gasteiger partial charge in [0.05, 0.1) is 11.9 Å². The number of nitrogens with zero attached hydrogens (tertiary/aromatic N) is 2. The molecule has 33 heavy (non-hydrogen) atoms. The van der Waals surface area contributed by atoms with Crippen molar-refractivity contribution in [2.45, 2.75) is 39.2 Å². The van der Waals surface area contributed by atoms with Gasteiger partial charge in [-0.05, 0) is 49.6 Å². The Labute approximate surface area is 201 Å². The molecule has 9 heteroatoms. The molecule has 2 aromatic rings. The van der Waals surface area contributed by atoms with Gasteiger partial charge in [-0.2, -0.15) is 0 Å². The van der Waals surface area contributed by atoms with Crippen LogP contribution in [0, 0.1) is 0 Å². The third kappa shape index (κ3) is 8.37. The van der Waals surface area contributed by atoms with Gasteiger partial charge in [0.1, 0.15) is 12.6 Å². The molecule has 0 aliphatic heterocycles. The fraction of sp³-hybridized carbons (Fsp3) is 0.417. The van der Waals surface area contributed by atoms with E-state index in [-0.39, 0.29) is 12.5 Å². The molecule has 0 bridgehead atoms. The molecule has 0 saturated heterocycles. The minimum absolute atomic E-state index is 0.262. The van der Waals surface area contributed by atoms with Crippen molar-refractivity contribution >= 4 is 39.1 Å². The van der Waals surface area contributed by atoms with Gasteiger partial charge >= 0.3 is 0 Å². The molecule has 0 aliphatic rings. The molecule has 0 saturated carbocycles. The van der Waals surface area contributed by atoms with Crippen LogP contribution in [-0.2, 0) is 26.0 Å². The van der Waals surface area contributed by atoms with E-state index >= 15 is 0 Å². The Morgan fingerprint density at radius 3 is 2.27 bits per heavy atom. The second-order valence-electron chi connectivity index (χ2n) is 7.89. The zero-order chi connectivity index (χ0) is 24.4. The summed E-state index contributed by atoms with van der Waals surface area (Å²) in [6, 6.07) is 15.1. The van der Waals surface area contributed by atoms with Gasteiger partial charge in [0.2, 0.25) is 21.8 Å². The molecule has 0 radical (unpaired) electrons. The largest absolute Gasteiger partial charge is 0.354 e. The van der Waals surface area contributed by atoms with Crippen molar-refractivity contribution in [3.63, 3.8) is 0 Å². The molecule has 0 spiro atoms. The Morgan fingerprint density at radius 2 is 1.70 bits per heavy atom. The lowest BCUT2D eigenvalue weighted by Crippen LogP contribution is -2.52. The number of sulfonamides is 1. The zero-order valence-corrected chi connectivity index (χ0v) is 20.9. The summed E-state index contributed by atoms with van der Waals surface area (Å²) in [4.78, 5) is 27.5. The Morgan fingerprint density at radius 1 is 1.06 bits per heavy atom.